The Morgan fingerprint density at radius 2 is 1.33 bits per heavy atom. The highest BCUT2D eigenvalue weighted by Gasteiger charge is 2.18. The fourth-order valence-corrected chi connectivity index (χ4v) is 3.02. The van der Waals surface area contributed by atoms with Crippen LogP contribution in [0.25, 0.3) is 6.08 Å². The van der Waals surface area contributed by atoms with Crippen LogP contribution >= 0.6 is 0 Å². The van der Waals surface area contributed by atoms with Crippen molar-refractivity contribution in [2.24, 2.45) is 0 Å². The monoisotopic (exact) mass is 439 g/mol. The van der Waals surface area contributed by atoms with Gasteiger partial charge in [-0.1, -0.05) is 72.8 Å². The summed E-state index contributed by atoms with van der Waals surface area (Å²) in [7, 11) is 0. The fraction of sp³-hybridized carbons (Fsp3) is 0.148. The van der Waals surface area contributed by atoms with Crippen LogP contribution in [-0.2, 0) is 22.7 Å². The minimum atomic E-state index is -0.575. The molecule has 0 fully saturated rings. The summed E-state index contributed by atoms with van der Waals surface area (Å²) < 4.78 is 5.45. The molecular weight excluding hydrogens is 414 g/mol. The lowest BCUT2D eigenvalue weighted by atomic mass is 10.1. The molecule has 3 rings (SSSR count). The molecule has 3 aromatic rings. The molecule has 0 aromatic heterocycles. The van der Waals surface area contributed by atoms with Gasteiger partial charge in [0, 0.05) is 13.1 Å². The van der Waals surface area contributed by atoms with Crippen LogP contribution in [0.4, 0.5) is 0 Å². The number of rotatable bonds is 9. The Morgan fingerprint density at radius 1 is 0.848 bits per heavy atom. The first-order chi connectivity index (χ1) is 16.0. The standard InChI is InChI=1S/C27H25N3O3/c1-20(17-28)33-24-14-12-21(13-15-24)16-25(26(31)29-18-22-8-4-2-5-9-22)27(32)30-19-23-10-6-3-7-11-23/h2-16,20H,18-19H2,1H3,(H,29,31)(H,30,32)/t20-/m1/s1. The molecule has 3 aromatic carbocycles. The van der Waals surface area contributed by atoms with E-state index in [2.05, 4.69) is 10.6 Å². The number of nitriles is 1. The third-order valence-corrected chi connectivity index (χ3v) is 4.77. The summed E-state index contributed by atoms with van der Waals surface area (Å²) >= 11 is 0. The molecule has 2 amide bonds. The highest BCUT2D eigenvalue weighted by molar-refractivity contribution is 6.21. The SMILES string of the molecule is C[C@H](C#N)Oc1ccc(C=C(C(=O)NCc2ccccc2)C(=O)NCc2ccccc2)cc1. The van der Waals surface area contributed by atoms with Crippen LogP contribution in [0.5, 0.6) is 5.75 Å². The number of hydrogen-bond acceptors (Lipinski definition) is 4. The number of ether oxygens (including phenoxy) is 1. The quantitative estimate of drug-likeness (QED) is 0.300. The highest BCUT2D eigenvalue weighted by Crippen LogP contribution is 2.16. The molecule has 0 saturated heterocycles. The Hall–Kier alpha value is -4.37. The van der Waals surface area contributed by atoms with Gasteiger partial charge in [0.05, 0.1) is 0 Å². The van der Waals surface area contributed by atoms with Gasteiger partial charge in [0.1, 0.15) is 17.4 Å². The second-order valence-corrected chi connectivity index (χ2v) is 7.35. The number of carbonyl (C=O) groups excluding carboxylic acids is 2. The molecule has 0 aliphatic rings. The molecule has 0 heterocycles. The van der Waals surface area contributed by atoms with Crippen molar-refractivity contribution < 1.29 is 14.3 Å². The summed E-state index contributed by atoms with van der Waals surface area (Å²) in [6.45, 7) is 2.27. The van der Waals surface area contributed by atoms with Gasteiger partial charge in [-0.2, -0.15) is 5.26 Å². The van der Waals surface area contributed by atoms with E-state index in [1.165, 1.54) is 6.08 Å². The first-order valence-corrected chi connectivity index (χ1v) is 10.6. The average molecular weight is 440 g/mol. The first-order valence-electron chi connectivity index (χ1n) is 10.6. The van der Waals surface area contributed by atoms with Crippen molar-refractivity contribution in [1.82, 2.24) is 10.6 Å². The van der Waals surface area contributed by atoms with E-state index in [0.717, 1.165) is 11.1 Å². The van der Waals surface area contributed by atoms with Gasteiger partial charge in [0.2, 0.25) is 0 Å². The van der Waals surface area contributed by atoms with E-state index in [1.807, 2.05) is 66.7 Å². The van der Waals surface area contributed by atoms with Crippen LogP contribution < -0.4 is 15.4 Å². The number of benzene rings is 3. The van der Waals surface area contributed by atoms with Crippen molar-refractivity contribution >= 4 is 17.9 Å². The maximum atomic E-state index is 12.9. The molecule has 6 nitrogen and oxygen atoms in total. The zero-order chi connectivity index (χ0) is 23.5. The molecule has 0 unspecified atom stereocenters. The van der Waals surface area contributed by atoms with Crippen molar-refractivity contribution in [3.63, 3.8) is 0 Å². The maximum Gasteiger partial charge on any atom is 0.257 e. The van der Waals surface area contributed by atoms with E-state index in [1.54, 1.807) is 31.2 Å². The number of nitrogens with one attached hydrogen (secondary N) is 2. The molecule has 0 spiro atoms. The summed E-state index contributed by atoms with van der Waals surface area (Å²) in [5.74, 6) is -0.407. The molecule has 0 saturated carbocycles. The Kier molecular flexibility index (Phi) is 8.38. The third-order valence-electron chi connectivity index (χ3n) is 4.77. The zero-order valence-corrected chi connectivity index (χ0v) is 18.3. The van der Waals surface area contributed by atoms with Crippen molar-refractivity contribution in [3.05, 3.63) is 107 Å². The molecule has 166 valence electrons. The average Bonchev–Trinajstić information content (AvgIpc) is 2.86. The summed E-state index contributed by atoms with van der Waals surface area (Å²) in [4.78, 5) is 25.8. The van der Waals surface area contributed by atoms with Gasteiger partial charge in [-0.15, -0.1) is 0 Å². The molecule has 0 radical (unpaired) electrons. The lowest BCUT2D eigenvalue weighted by molar-refractivity contribution is -0.123. The van der Waals surface area contributed by atoms with Crippen molar-refractivity contribution in [2.75, 3.05) is 0 Å². The predicted molar refractivity (Wildman–Crippen MR) is 127 cm³/mol. The van der Waals surface area contributed by atoms with Crippen LogP contribution in [0.1, 0.15) is 23.6 Å². The number of carbonyl (C=O) groups is 2. The fourth-order valence-electron chi connectivity index (χ4n) is 3.02. The largest absolute Gasteiger partial charge is 0.476 e. The van der Waals surface area contributed by atoms with Crippen molar-refractivity contribution in [1.29, 1.82) is 5.26 Å². The van der Waals surface area contributed by atoms with Crippen LogP contribution in [-0.4, -0.2) is 17.9 Å². The number of hydrogen-bond donors (Lipinski definition) is 2. The Bertz CT molecular complexity index is 1080. The molecule has 0 aliphatic heterocycles. The Balaban J connectivity index is 1.76. The molecular formula is C27H25N3O3. The highest BCUT2D eigenvalue weighted by atomic mass is 16.5. The molecule has 6 heteroatoms. The van der Waals surface area contributed by atoms with Crippen LogP contribution in [0.3, 0.4) is 0 Å². The maximum absolute atomic E-state index is 12.9. The first kappa shape index (κ1) is 23.3. The predicted octanol–water partition coefficient (Wildman–Crippen LogP) is 3.99. The van der Waals surface area contributed by atoms with E-state index in [-0.39, 0.29) is 5.57 Å². The Morgan fingerprint density at radius 3 is 1.79 bits per heavy atom. The van der Waals surface area contributed by atoms with Gasteiger partial charge >= 0.3 is 0 Å². The minimum Gasteiger partial charge on any atom is -0.476 e. The van der Waals surface area contributed by atoms with Gasteiger partial charge in [0.15, 0.2) is 6.10 Å². The second kappa shape index (κ2) is 11.9. The second-order valence-electron chi connectivity index (χ2n) is 7.35. The number of nitrogens with zero attached hydrogens (tertiary/aromatic N) is 1. The van der Waals surface area contributed by atoms with Gasteiger partial charge in [0.25, 0.3) is 11.8 Å². The van der Waals surface area contributed by atoms with E-state index in [0.29, 0.717) is 24.4 Å². The lowest BCUT2D eigenvalue weighted by Crippen LogP contribution is -2.34. The van der Waals surface area contributed by atoms with Crippen LogP contribution in [0.2, 0.25) is 0 Å². The molecule has 1 atom stereocenters. The zero-order valence-electron chi connectivity index (χ0n) is 18.3. The Labute approximate surface area is 193 Å². The molecule has 2 N–H and O–H groups in total. The third kappa shape index (κ3) is 7.37. The smallest absolute Gasteiger partial charge is 0.257 e. The normalized spacial score (nSPS) is 10.9. The summed E-state index contributed by atoms with van der Waals surface area (Å²) in [6.07, 6.45) is 0.965. The van der Waals surface area contributed by atoms with Gasteiger partial charge in [-0.25, -0.2) is 0 Å². The van der Waals surface area contributed by atoms with Gasteiger partial charge in [-0.05, 0) is 41.8 Å². The topological polar surface area (TPSA) is 91.2 Å². The van der Waals surface area contributed by atoms with Crippen LogP contribution in [0, 0.1) is 11.3 Å². The summed E-state index contributed by atoms with van der Waals surface area (Å²) in [6, 6.07) is 27.8. The number of amides is 2. The van der Waals surface area contributed by atoms with E-state index < -0.39 is 17.9 Å². The molecule has 0 aliphatic carbocycles. The summed E-state index contributed by atoms with van der Waals surface area (Å²) in [5.41, 5.74) is 2.53. The van der Waals surface area contributed by atoms with Crippen molar-refractivity contribution in [2.45, 2.75) is 26.1 Å². The molecule has 0 bridgehead atoms. The minimum absolute atomic E-state index is 0.000855. The van der Waals surface area contributed by atoms with Gasteiger partial charge in [-0.3, -0.25) is 9.59 Å². The van der Waals surface area contributed by atoms with E-state index >= 15 is 0 Å². The van der Waals surface area contributed by atoms with Crippen molar-refractivity contribution in [3.8, 4) is 11.8 Å². The van der Waals surface area contributed by atoms with E-state index in [9.17, 15) is 9.59 Å². The van der Waals surface area contributed by atoms with E-state index in [4.69, 9.17) is 10.00 Å². The van der Waals surface area contributed by atoms with Crippen LogP contribution in [0.15, 0.2) is 90.5 Å². The summed E-state index contributed by atoms with van der Waals surface area (Å²) in [5, 5.41) is 14.5. The lowest BCUT2D eigenvalue weighted by Gasteiger charge is -2.11. The molecule has 33 heavy (non-hydrogen) atoms. The van der Waals surface area contributed by atoms with Gasteiger partial charge < -0.3 is 15.4 Å².